The normalized spacial score (nSPS) is 23.1. The molecule has 2 aromatic rings. The molecule has 4 rings (SSSR count). The summed E-state index contributed by atoms with van der Waals surface area (Å²) in [6, 6.07) is 20.6. The van der Waals surface area contributed by atoms with Gasteiger partial charge in [0, 0.05) is 31.2 Å². The van der Waals surface area contributed by atoms with Crippen LogP contribution >= 0.6 is 0 Å². The molecule has 2 aromatic carbocycles. The molecule has 1 N–H and O–H groups in total. The van der Waals surface area contributed by atoms with E-state index in [1.54, 1.807) is 0 Å². The quantitative estimate of drug-likeness (QED) is 0.818. The second kappa shape index (κ2) is 9.20. The van der Waals surface area contributed by atoms with Gasteiger partial charge in [-0.15, -0.1) is 0 Å². The van der Waals surface area contributed by atoms with Gasteiger partial charge >= 0.3 is 0 Å². The number of benzene rings is 2. The number of amides is 1. The van der Waals surface area contributed by atoms with Crippen LogP contribution in [0, 0.1) is 5.92 Å². The van der Waals surface area contributed by atoms with Gasteiger partial charge in [-0.2, -0.15) is 0 Å². The van der Waals surface area contributed by atoms with Crippen molar-refractivity contribution in [3.8, 4) is 0 Å². The molecule has 0 unspecified atom stereocenters. The SMILES string of the molecule is O=C(N[C@H]1CCC[C@@H](CN2CC=C(c3ccccc3)CC2)C1)c1ccccc1. The maximum absolute atomic E-state index is 12.5. The Kier molecular flexibility index (Phi) is 6.23. The first-order valence-corrected chi connectivity index (χ1v) is 10.6. The molecule has 1 aliphatic carbocycles. The summed E-state index contributed by atoms with van der Waals surface area (Å²) in [7, 11) is 0. The van der Waals surface area contributed by atoms with E-state index in [0.29, 0.717) is 12.0 Å². The van der Waals surface area contributed by atoms with Crippen molar-refractivity contribution >= 4 is 11.5 Å². The summed E-state index contributed by atoms with van der Waals surface area (Å²) in [5.41, 5.74) is 3.61. The van der Waals surface area contributed by atoms with Gasteiger partial charge in [0.15, 0.2) is 0 Å². The van der Waals surface area contributed by atoms with E-state index < -0.39 is 0 Å². The highest BCUT2D eigenvalue weighted by atomic mass is 16.1. The zero-order chi connectivity index (χ0) is 19.2. The molecule has 3 heteroatoms. The average Bonchev–Trinajstić information content (AvgIpc) is 2.76. The average molecular weight is 375 g/mol. The second-order valence-corrected chi connectivity index (χ2v) is 8.17. The fourth-order valence-electron chi connectivity index (χ4n) is 4.60. The van der Waals surface area contributed by atoms with Crippen molar-refractivity contribution in [2.45, 2.75) is 38.1 Å². The summed E-state index contributed by atoms with van der Waals surface area (Å²) in [6.07, 6.45) is 8.23. The lowest BCUT2D eigenvalue weighted by Crippen LogP contribution is -2.41. The third kappa shape index (κ3) is 4.90. The molecule has 1 fully saturated rings. The molecule has 28 heavy (non-hydrogen) atoms. The number of carbonyl (C=O) groups excluding carboxylic acids is 1. The molecular formula is C25H30N2O. The van der Waals surface area contributed by atoms with E-state index in [9.17, 15) is 4.79 Å². The Morgan fingerprint density at radius 3 is 2.46 bits per heavy atom. The van der Waals surface area contributed by atoms with Crippen LogP contribution in [0.2, 0.25) is 0 Å². The molecular weight excluding hydrogens is 344 g/mol. The van der Waals surface area contributed by atoms with Crippen molar-refractivity contribution in [1.29, 1.82) is 0 Å². The molecule has 2 aliphatic rings. The summed E-state index contributed by atoms with van der Waals surface area (Å²) < 4.78 is 0. The molecule has 1 heterocycles. The topological polar surface area (TPSA) is 32.3 Å². The third-order valence-electron chi connectivity index (χ3n) is 6.11. The molecule has 1 amide bonds. The second-order valence-electron chi connectivity index (χ2n) is 8.17. The van der Waals surface area contributed by atoms with Crippen LogP contribution in [0.25, 0.3) is 5.57 Å². The van der Waals surface area contributed by atoms with Crippen LogP contribution < -0.4 is 5.32 Å². The third-order valence-corrected chi connectivity index (χ3v) is 6.11. The zero-order valence-electron chi connectivity index (χ0n) is 16.5. The van der Waals surface area contributed by atoms with E-state index in [1.165, 1.54) is 24.0 Å². The number of hydrogen-bond acceptors (Lipinski definition) is 2. The zero-order valence-corrected chi connectivity index (χ0v) is 16.5. The number of nitrogens with zero attached hydrogens (tertiary/aromatic N) is 1. The Morgan fingerprint density at radius 1 is 1.00 bits per heavy atom. The van der Waals surface area contributed by atoms with Crippen LogP contribution in [0.3, 0.4) is 0 Å². The van der Waals surface area contributed by atoms with Gasteiger partial charge in [0.05, 0.1) is 0 Å². The van der Waals surface area contributed by atoms with Gasteiger partial charge < -0.3 is 5.32 Å². The molecule has 0 spiro atoms. The lowest BCUT2D eigenvalue weighted by atomic mass is 9.85. The highest BCUT2D eigenvalue weighted by Gasteiger charge is 2.25. The van der Waals surface area contributed by atoms with Gasteiger partial charge in [0.25, 0.3) is 5.91 Å². The molecule has 0 radical (unpaired) electrons. The first-order chi connectivity index (χ1) is 13.8. The van der Waals surface area contributed by atoms with Crippen molar-refractivity contribution in [3.63, 3.8) is 0 Å². The first kappa shape index (κ1) is 18.9. The van der Waals surface area contributed by atoms with Crippen LogP contribution in [0.1, 0.15) is 48.0 Å². The number of rotatable bonds is 5. The standard InChI is InChI=1S/C25H30N2O/c28-25(23-11-5-2-6-12-23)26-24-13-7-8-20(18-24)19-27-16-14-22(15-17-27)21-9-3-1-4-10-21/h1-6,9-12,14,20,24H,7-8,13,15-19H2,(H,26,28)/t20-,24+/m1/s1. The summed E-state index contributed by atoms with van der Waals surface area (Å²) in [5, 5.41) is 3.26. The highest BCUT2D eigenvalue weighted by Crippen LogP contribution is 2.28. The van der Waals surface area contributed by atoms with Crippen molar-refractivity contribution in [3.05, 3.63) is 77.9 Å². The maximum atomic E-state index is 12.5. The highest BCUT2D eigenvalue weighted by molar-refractivity contribution is 5.94. The van der Waals surface area contributed by atoms with Gasteiger partial charge in [-0.25, -0.2) is 0 Å². The fraction of sp³-hybridized carbons (Fsp3) is 0.400. The van der Waals surface area contributed by atoms with Crippen LogP contribution in [0.4, 0.5) is 0 Å². The minimum Gasteiger partial charge on any atom is -0.349 e. The van der Waals surface area contributed by atoms with E-state index in [1.807, 2.05) is 30.3 Å². The first-order valence-electron chi connectivity index (χ1n) is 10.6. The van der Waals surface area contributed by atoms with Crippen molar-refractivity contribution in [1.82, 2.24) is 10.2 Å². The van der Waals surface area contributed by atoms with E-state index in [2.05, 4.69) is 46.6 Å². The van der Waals surface area contributed by atoms with Gasteiger partial charge in [0.1, 0.15) is 0 Å². The Morgan fingerprint density at radius 2 is 1.75 bits per heavy atom. The minimum atomic E-state index is 0.0691. The van der Waals surface area contributed by atoms with Crippen LogP contribution in [-0.4, -0.2) is 36.5 Å². The number of carbonyl (C=O) groups is 1. The van der Waals surface area contributed by atoms with Crippen molar-refractivity contribution in [2.75, 3.05) is 19.6 Å². The molecule has 0 bridgehead atoms. The monoisotopic (exact) mass is 374 g/mol. The lowest BCUT2D eigenvalue weighted by molar-refractivity contribution is 0.0913. The van der Waals surface area contributed by atoms with Gasteiger partial charge in [-0.1, -0.05) is 61.0 Å². The van der Waals surface area contributed by atoms with E-state index >= 15 is 0 Å². The molecule has 1 saturated carbocycles. The largest absolute Gasteiger partial charge is 0.349 e. The van der Waals surface area contributed by atoms with Crippen LogP contribution in [-0.2, 0) is 0 Å². The Hall–Kier alpha value is -2.39. The maximum Gasteiger partial charge on any atom is 0.251 e. The molecule has 0 aromatic heterocycles. The van der Waals surface area contributed by atoms with Crippen LogP contribution in [0.5, 0.6) is 0 Å². The summed E-state index contributed by atoms with van der Waals surface area (Å²) in [6.45, 7) is 3.33. The van der Waals surface area contributed by atoms with E-state index in [0.717, 1.165) is 44.5 Å². The predicted molar refractivity (Wildman–Crippen MR) is 115 cm³/mol. The van der Waals surface area contributed by atoms with Crippen molar-refractivity contribution < 1.29 is 4.79 Å². The van der Waals surface area contributed by atoms with Gasteiger partial charge in [0.2, 0.25) is 0 Å². The molecule has 3 nitrogen and oxygen atoms in total. The van der Waals surface area contributed by atoms with Gasteiger partial charge in [-0.05, 0) is 54.9 Å². The molecule has 2 atom stereocenters. The predicted octanol–water partition coefficient (Wildman–Crippen LogP) is 4.76. The summed E-state index contributed by atoms with van der Waals surface area (Å²) in [5.74, 6) is 0.751. The Labute approximate surface area is 168 Å². The number of nitrogens with one attached hydrogen (secondary N) is 1. The molecule has 1 aliphatic heterocycles. The Balaban J connectivity index is 1.27. The van der Waals surface area contributed by atoms with Crippen LogP contribution in [0.15, 0.2) is 66.7 Å². The fourth-order valence-corrected chi connectivity index (χ4v) is 4.60. The summed E-state index contributed by atoms with van der Waals surface area (Å²) >= 11 is 0. The van der Waals surface area contributed by atoms with Crippen molar-refractivity contribution in [2.24, 2.45) is 5.92 Å². The summed E-state index contributed by atoms with van der Waals surface area (Å²) in [4.78, 5) is 15.0. The Bertz CT molecular complexity index is 800. The number of hydrogen-bond donors (Lipinski definition) is 1. The smallest absolute Gasteiger partial charge is 0.251 e. The molecule has 0 saturated heterocycles. The molecule has 146 valence electrons. The van der Waals surface area contributed by atoms with E-state index in [-0.39, 0.29) is 5.91 Å². The van der Waals surface area contributed by atoms with E-state index in [4.69, 9.17) is 0 Å². The van der Waals surface area contributed by atoms with Gasteiger partial charge in [-0.3, -0.25) is 9.69 Å². The lowest BCUT2D eigenvalue weighted by Gasteiger charge is -2.35. The minimum absolute atomic E-state index is 0.0691.